The predicted molar refractivity (Wildman–Crippen MR) is 115 cm³/mol. The summed E-state index contributed by atoms with van der Waals surface area (Å²) in [5.41, 5.74) is 3.00. The highest BCUT2D eigenvalue weighted by molar-refractivity contribution is 6.07. The van der Waals surface area contributed by atoms with E-state index in [1.54, 1.807) is 30.3 Å². The maximum absolute atomic E-state index is 13.1. The van der Waals surface area contributed by atoms with E-state index < -0.39 is 0 Å². The highest BCUT2D eigenvalue weighted by Crippen LogP contribution is 2.20. The Morgan fingerprint density at radius 1 is 1.11 bits per heavy atom. The van der Waals surface area contributed by atoms with Gasteiger partial charge >= 0.3 is 5.97 Å². The number of aromatic nitrogens is 2. The molecule has 0 aliphatic carbocycles. The van der Waals surface area contributed by atoms with Crippen molar-refractivity contribution in [2.24, 2.45) is 0 Å². The Hall–Kier alpha value is -2.57. The van der Waals surface area contributed by atoms with Crippen LogP contribution in [0.1, 0.15) is 30.1 Å². The summed E-state index contributed by atoms with van der Waals surface area (Å²) in [4.78, 5) is 33.6. The van der Waals surface area contributed by atoms with Crippen LogP contribution in [0.5, 0.6) is 0 Å². The van der Waals surface area contributed by atoms with Gasteiger partial charge in [-0.1, -0.05) is 18.2 Å². The molecule has 150 valence electrons. The molecule has 0 saturated carbocycles. The Kier molecular flexibility index (Phi) is 9.48. The van der Waals surface area contributed by atoms with E-state index in [0.717, 1.165) is 16.7 Å². The lowest BCUT2D eigenvalue weighted by Gasteiger charge is -2.23. The largest absolute Gasteiger partial charge is 0.466 e. The number of imidazole rings is 1. The van der Waals surface area contributed by atoms with Crippen molar-refractivity contribution in [2.45, 2.75) is 19.8 Å². The number of benzene rings is 2. The quantitative estimate of drug-likeness (QED) is 0.571. The van der Waals surface area contributed by atoms with Gasteiger partial charge in [0.2, 0.25) is 0 Å². The van der Waals surface area contributed by atoms with Gasteiger partial charge < -0.3 is 14.6 Å². The molecule has 3 aromatic rings. The number of nitrogens with one attached hydrogen (secondary N) is 1. The number of nitrogens with zero attached hydrogens (tertiary/aromatic N) is 2. The van der Waals surface area contributed by atoms with Gasteiger partial charge in [0.1, 0.15) is 0 Å². The maximum Gasteiger partial charge on any atom is 0.305 e. The normalized spacial score (nSPS) is 9.89. The topological polar surface area (TPSA) is 75.3 Å². The molecule has 2 aromatic carbocycles. The fraction of sp³-hybridized carbons (Fsp3) is 0.250. The number of carbonyl (C=O) groups is 2. The van der Waals surface area contributed by atoms with Gasteiger partial charge in [-0.3, -0.25) is 9.59 Å². The first-order valence-corrected chi connectivity index (χ1v) is 8.64. The number of fused-ring (bicyclic) bond motifs is 1. The minimum atomic E-state index is -0.244. The van der Waals surface area contributed by atoms with Crippen LogP contribution in [0.25, 0.3) is 11.0 Å². The minimum absolute atomic E-state index is 0. The van der Waals surface area contributed by atoms with Crippen LogP contribution in [-0.4, -0.2) is 35.0 Å². The summed E-state index contributed by atoms with van der Waals surface area (Å²) in [6.07, 6.45) is 2.42. The molecule has 1 aromatic heterocycles. The fourth-order valence-corrected chi connectivity index (χ4v) is 2.79. The number of aromatic amines is 1. The van der Waals surface area contributed by atoms with Crippen LogP contribution in [0.2, 0.25) is 0 Å². The molecule has 0 bridgehead atoms. The van der Waals surface area contributed by atoms with Gasteiger partial charge in [0.25, 0.3) is 5.91 Å². The van der Waals surface area contributed by atoms with Gasteiger partial charge in [-0.25, -0.2) is 4.98 Å². The minimum Gasteiger partial charge on any atom is -0.466 e. The van der Waals surface area contributed by atoms with Gasteiger partial charge in [0, 0.05) is 24.2 Å². The third-order valence-electron chi connectivity index (χ3n) is 4.05. The van der Waals surface area contributed by atoms with Crippen LogP contribution in [0.3, 0.4) is 0 Å². The van der Waals surface area contributed by atoms with Gasteiger partial charge in [0.05, 0.1) is 24.0 Å². The number of rotatable bonds is 7. The third-order valence-corrected chi connectivity index (χ3v) is 4.05. The second kappa shape index (κ2) is 11.3. The standard InChI is InChI=1S/C20H21N3O3.2ClH/c1-2-26-19(24)9-6-12-23(16-7-4-3-5-8-16)20(25)15-10-11-17-18(13-15)22-14-21-17;;/h3-5,7-8,10-11,13-14H,2,6,9,12H2,1H3,(H,21,22);2*1H. The van der Waals surface area contributed by atoms with Crippen molar-refractivity contribution in [2.75, 3.05) is 18.1 Å². The number of amides is 1. The van der Waals surface area contributed by atoms with Crippen LogP contribution in [0.4, 0.5) is 5.69 Å². The van der Waals surface area contributed by atoms with Crippen molar-refractivity contribution in [3.8, 4) is 0 Å². The van der Waals surface area contributed by atoms with E-state index >= 15 is 0 Å². The first kappa shape index (κ1) is 23.5. The summed E-state index contributed by atoms with van der Waals surface area (Å²) in [6.45, 7) is 2.58. The number of para-hydroxylation sites is 1. The molecule has 0 fully saturated rings. The van der Waals surface area contributed by atoms with E-state index in [9.17, 15) is 9.59 Å². The summed E-state index contributed by atoms with van der Waals surface area (Å²) in [6, 6.07) is 14.8. The van der Waals surface area contributed by atoms with Gasteiger partial charge in [-0.15, -0.1) is 24.8 Å². The second-order valence-electron chi connectivity index (χ2n) is 5.84. The summed E-state index contributed by atoms with van der Waals surface area (Å²) in [7, 11) is 0. The average molecular weight is 424 g/mol. The van der Waals surface area contributed by atoms with Crippen molar-refractivity contribution in [3.05, 3.63) is 60.4 Å². The molecular formula is C20H23Cl2N3O3. The summed E-state index contributed by atoms with van der Waals surface area (Å²) in [5, 5.41) is 0. The predicted octanol–water partition coefficient (Wildman–Crippen LogP) is 4.40. The zero-order valence-electron chi connectivity index (χ0n) is 15.5. The maximum atomic E-state index is 13.1. The lowest BCUT2D eigenvalue weighted by molar-refractivity contribution is -0.143. The molecule has 1 N–H and O–H groups in total. The van der Waals surface area contributed by atoms with Crippen LogP contribution < -0.4 is 4.90 Å². The lowest BCUT2D eigenvalue weighted by Crippen LogP contribution is -2.32. The third kappa shape index (κ3) is 5.71. The molecule has 0 spiro atoms. The molecular weight excluding hydrogens is 401 g/mol. The van der Waals surface area contributed by atoms with Gasteiger partial charge in [-0.05, 0) is 43.7 Å². The van der Waals surface area contributed by atoms with Gasteiger partial charge in [-0.2, -0.15) is 0 Å². The van der Waals surface area contributed by atoms with Crippen LogP contribution >= 0.6 is 24.8 Å². The van der Waals surface area contributed by atoms with E-state index in [1.807, 2.05) is 36.4 Å². The molecule has 0 saturated heterocycles. The average Bonchev–Trinajstić information content (AvgIpc) is 3.13. The van der Waals surface area contributed by atoms with Crippen LogP contribution in [-0.2, 0) is 9.53 Å². The smallest absolute Gasteiger partial charge is 0.305 e. The molecule has 0 unspecified atom stereocenters. The Balaban J connectivity index is 0.00000196. The molecule has 0 radical (unpaired) electrons. The molecule has 0 aliphatic rings. The van der Waals surface area contributed by atoms with Crippen LogP contribution in [0.15, 0.2) is 54.9 Å². The number of carbonyl (C=O) groups excluding carboxylic acids is 2. The summed E-state index contributed by atoms with van der Waals surface area (Å²) in [5.74, 6) is -0.358. The fourth-order valence-electron chi connectivity index (χ4n) is 2.79. The number of H-pyrrole nitrogens is 1. The van der Waals surface area contributed by atoms with E-state index in [2.05, 4.69) is 9.97 Å². The lowest BCUT2D eigenvalue weighted by atomic mass is 10.1. The number of halogens is 2. The number of ether oxygens (including phenoxy) is 1. The molecule has 0 aliphatic heterocycles. The number of hydrogen-bond donors (Lipinski definition) is 1. The van der Waals surface area contributed by atoms with Crippen molar-refractivity contribution in [1.29, 1.82) is 0 Å². The Morgan fingerprint density at radius 3 is 2.57 bits per heavy atom. The highest BCUT2D eigenvalue weighted by atomic mass is 35.5. The molecule has 6 nitrogen and oxygen atoms in total. The summed E-state index contributed by atoms with van der Waals surface area (Å²) < 4.78 is 4.96. The molecule has 0 atom stereocenters. The van der Waals surface area contributed by atoms with Crippen LogP contribution in [0, 0.1) is 0 Å². The number of hydrogen-bond acceptors (Lipinski definition) is 4. The van der Waals surface area contributed by atoms with Crippen molar-refractivity contribution in [1.82, 2.24) is 9.97 Å². The van der Waals surface area contributed by atoms with Crippen molar-refractivity contribution in [3.63, 3.8) is 0 Å². The monoisotopic (exact) mass is 423 g/mol. The van der Waals surface area contributed by atoms with Crippen molar-refractivity contribution >= 4 is 53.4 Å². The molecule has 8 heteroatoms. The first-order chi connectivity index (χ1) is 12.7. The molecule has 1 amide bonds. The van der Waals surface area contributed by atoms with E-state index in [1.165, 1.54) is 0 Å². The Morgan fingerprint density at radius 2 is 1.86 bits per heavy atom. The summed E-state index contributed by atoms with van der Waals surface area (Å²) >= 11 is 0. The second-order valence-corrected chi connectivity index (χ2v) is 5.84. The molecule has 1 heterocycles. The molecule has 28 heavy (non-hydrogen) atoms. The van der Waals surface area contributed by atoms with E-state index in [4.69, 9.17) is 4.74 Å². The first-order valence-electron chi connectivity index (χ1n) is 8.64. The highest BCUT2D eigenvalue weighted by Gasteiger charge is 2.18. The number of esters is 1. The van der Waals surface area contributed by atoms with Gasteiger partial charge in [0.15, 0.2) is 0 Å². The zero-order chi connectivity index (χ0) is 18.4. The SMILES string of the molecule is CCOC(=O)CCCN(C(=O)c1ccc2nc[nH]c2c1)c1ccccc1.Cl.Cl. The zero-order valence-corrected chi connectivity index (χ0v) is 17.1. The van der Waals surface area contributed by atoms with E-state index in [0.29, 0.717) is 25.1 Å². The Labute approximate surface area is 176 Å². The number of anilines is 1. The van der Waals surface area contributed by atoms with E-state index in [-0.39, 0.29) is 43.1 Å². The van der Waals surface area contributed by atoms with Crippen molar-refractivity contribution < 1.29 is 14.3 Å². The Bertz CT molecular complexity index is 900. The molecule has 3 rings (SSSR count).